The number of anilines is 1. The molecule has 1 amide bonds. The van der Waals surface area contributed by atoms with Gasteiger partial charge in [0.15, 0.2) is 5.65 Å². The molecule has 5 rings (SSSR count). The van der Waals surface area contributed by atoms with E-state index in [1.165, 1.54) is 25.7 Å². The summed E-state index contributed by atoms with van der Waals surface area (Å²) in [4.78, 5) is 20.0. The van der Waals surface area contributed by atoms with E-state index in [9.17, 15) is 4.79 Å². The fraction of sp³-hybridized carbons (Fsp3) is 0.519. The van der Waals surface area contributed by atoms with Crippen LogP contribution in [0.4, 0.5) is 5.82 Å². The Bertz CT molecular complexity index is 1120. The lowest BCUT2D eigenvalue weighted by Crippen LogP contribution is -2.44. The lowest BCUT2D eigenvalue weighted by atomic mass is 9.95. The zero-order valence-electron chi connectivity index (χ0n) is 20.3. The molecule has 2 aromatic heterocycles. The lowest BCUT2D eigenvalue weighted by molar-refractivity contribution is -0.126. The van der Waals surface area contributed by atoms with E-state index < -0.39 is 0 Å². The molecule has 34 heavy (non-hydrogen) atoms. The second kappa shape index (κ2) is 10.0. The van der Waals surface area contributed by atoms with Crippen molar-refractivity contribution in [3.8, 4) is 17.0 Å². The summed E-state index contributed by atoms with van der Waals surface area (Å²) in [5.74, 6) is 2.23. The number of amides is 1. The number of fused-ring (bicyclic) bond motifs is 1. The first-order valence-electron chi connectivity index (χ1n) is 12.7. The van der Waals surface area contributed by atoms with E-state index in [1.54, 1.807) is 7.11 Å². The molecular formula is C27H35N5O2. The van der Waals surface area contributed by atoms with Crippen LogP contribution in [0, 0.1) is 12.8 Å². The Morgan fingerprint density at radius 2 is 1.71 bits per heavy atom. The van der Waals surface area contributed by atoms with E-state index in [0.717, 1.165) is 72.9 Å². The van der Waals surface area contributed by atoms with E-state index in [-0.39, 0.29) is 11.8 Å². The van der Waals surface area contributed by atoms with Crippen LogP contribution in [0.15, 0.2) is 36.4 Å². The summed E-state index contributed by atoms with van der Waals surface area (Å²) in [5, 5.41) is 8.25. The second-order valence-corrected chi connectivity index (χ2v) is 9.74. The molecule has 1 saturated heterocycles. The summed E-state index contributed by atoms with van der Waals surface area (Å²) in [6, 6.07) is 12.4. The van der Waals surface area contributed by atoms with Crippen molar-refractivity contribution >= 4 is 17.4 Å². The molecule has 1 aliphatic heterocycles. The minimum absolute atomic E-state index is 0.102. The highest BCUT2D eigenvalue weighted by molar-refractivity contribution is 5.79. The summed E-state index contributed by atoms with van der Waals surface area (Å²) in [6.45, 7) is 3.72. The van der Waals surface area contributed by atoms with Gasteiger partial charge in [0.05, 0.1) is 12.8 Å². The van der Waals surface area contributed by atoms with Crippen LogP contribution in [0.3, 0.4) is 0 Å². The highest BCUT2D eigenvalue weighted by Gasteiger charge is 2.28. The Morgan fingerprint density at radius 1 is 1.00 bits per heavy atom. The van der Waals surface area contributed by atoms with Crippen molar-refractivity contribution in [2.45, 2.75) is 64.3 Å². The Labute approximate surface area is 201 Å². The largest absolute Gasteiger partial charge is 0.497 e. The van der Waals surface area contributed by atoms with Crippen molar-refractivity contribution in [1.29, 1.82) is 0 Å². The molecule has 1 N–H and O–H groups in total. The molecule has 0 unspecified atom stereocenters. The molecular weight excluding hydrogens is 426 g/mol. The van der Waals surface area contributed by atoms with E-state index in [1.807, 2.05) is 41.8 Å². The third-order valence-corrected chi connectivity index (χ3v) is 7.31. The van der Waals surface area contributed by atoms with Gasteiger partial charge in [-0.25, -0.2) is 4.98 Å². The standard InChI is InChI=1S/C27H35N5O2/c1-19-17-26(32-25(28-19)18-24(30-32)20-9-11-23(34-2)12-10-20)31-15-13-21(14-16-31)27(33)29-22-7-5-3-4-6-8-22/h9-12,17-18,21-22H,3-8,13-16H2,1-2H3,(H,29,33). The number of hydrogen-bond acceptors (Lipinski definition) is 5. The van der Waals surface area contributed by atoms with Crippen LogP contribution >= 0.6 is 0 Å². The predicted molar refractivity (Wildman–Crippen MR) is 134 cm³/mol. The summed E-state index contributed by atoms with van der Waals surface area (Å²) < 4.78 is 7.22. The topological polar surface area (TPSA) is 71.8 Å². The van der Waals surface area contributed by atoms with Gasteiger partial charge >= 0.3 is 0 Å². The normalized spacial score (nSPS) is 18.1. The van der Waals surface area contributed by atoms with Crippen molar-refractivity contribution in [1.82, 2.24) is 19.9 Å². The summed E-state index contributed by atoms with van der Waals surface area (Å²) in [5.41, 5.74) is 3.73. The molecule has 1 aliphatic carbocycles. The van der Waals surface area contributed by atoms with Gasteiger partial charge in [-0.05, 0) is 56.9 Å². The lowest BCUT2D eigenvalue weighted by Gasteiger charge is -2.33. The number of nitrogens with one attached hydrogen (secondary N) is 1. The number of carbonyl (C=O) groups excluding carboxylic acids is 1. The van der Waals surface area contributed by atoms with Gasteiger partial charge in [-0.3, -0.25) is 4.79 Å². The SMILES string of the molecule is COc1ccc(-c2cc3nc(C)cc(N4CCC(C(=O)NC5CCCCCC5)CC4)n3n2)cc1. The van der Waals surface area contributed by atoms with Crippen molar-refractivity contribution in [2.75, 3.05) is 25.1 Å². The maximum atomic E-state index is 12.9. The van der Waals surface area contributed by atoms with E-state index in [0.29, 0.717) is 6.04 Å². The third-order valence-electron chi connectivity index (χ3n) is 7.31. The molecule has 3 heterocycles. The maximum Gasteiger partial charge on any atom is 0.223 e. The Hall–Kier alpha value is -3.09. The average molecular weight is 462 g/mol. The fourth-order valence-corrected chi connectivity index (χ4v) is 5.32. The second-order valence-electron chi connectivity index (χ2n) is 9.74. The first kappa shape index (κ1) is 22.7. The number of rotatable bonds is 5. The number of ether oxygens (including phenoxy) is 1. The van der Waals surface area contributed by atoms with Crippen LogP contribution in [-0.4, -0.2) is 46.7 Å². The predicted octanol–water partition coefficient (Wildman–Crippen LogP) is 4.77. The van der Waals surface area contributed by atoms with Crippen LogP contribution in [0.25, 0.3) is 16.9 Å². The molecule has 7 nitrogen and oxygen atoms in total. The number of nitrogens with zero attached hydrogens (tertiary/aromatic N) is 4. The molecule has 0 atom stereocenters. The smallest absolute Gasteiger partial charge is 0.223 e. The fourth-order valence-electron chi connectivity index (χ4n) is 5.32. The van der Waals surface area contributed by atoms with Crippen LogP contribution in [0.2, 0.25) is 0 Å². The number of piperidine rings is 1. The van der Waals surface area contributed by atoms with Crippen molar-refractivity contribution in [3.63, 3.8) is 0 Å². The van der Waals surface area contributed by atoms with Crippen molar-refractivity contribution in [2.24, 2.45) is 5.92 Å². The molecule has 7 heteroatoms. The molecule has 1 saturated carbocycles. The summed E-state index contributed by atoms with van der Waals surface area (Å²) in [7, 11) is 1.67. The van der Waals surface area contributed by atoms with Gasteiger partial charge in [0.2, 0.25) is 5.91 Å². The third kappa shape index (κ3) is 4.88. The number of aryl methyl sites for hydroxylation is 1. The van der Waals surface area contributed by atoms with Crippen LogP contribution in [0.5, 0.6) is 5.75 Å². The molecule has 180 valence electrons. The van der Waals surface area contributed by atoms with Gasteiger partial charge in [-0.2, -0.15) is 9.61 Å². The molecule has 2 aliphatic rings. The molecule has 1 aromatic carbocycles. The number of hydrogen-bond donors (Lipinski definition) is 1. The zero-order valence-corrected chi connectivity index (χ0v) is 20.3. The molecule has 0 spiro atoms. The molecule has 3 aromatic rings. The van der Waals surface area contributed by atoms with E-state index in [2.05, 4.69) is 16.3 Å². The van der Waals surface area contributed by atoms with Gasteiger partial charge in [-0.15, -0.1) is 0 Å². The van der Waals surface area contributed by atoms with E-state index in [4.69, 9.17) is 14.8 Å². The van der Waals surface area contributed by atoms with Gasteiger partial charge in [0.25, 0.3) is 0 Å². The average Bonchev–Trinajstić information content (AvgIpc) is 3.12. The minimum atomic E-state index is 0.102. The summed E-state index contributed by atoms with van der Waals surface area (Å²) >= 11 is 0. The van der Waals surface area contributed by atoms with Crippen LogP contribution in [0.1, 0.15) is 57.1 Å². The van der Waals surface area contributed by atoms with Crippen LogP contribution < -0.4 is 15.0 Å². The zero-order chi connectivity index (χ0) is 23.5. The molecule has 0 bridgehead atoms. The first-order valence-corrected chi connectivity index (χ1v) is 12.7. The Balaban J connectivity index is 1.29. The number of aromatic nitrogens is 3. The number of benzene rings is 1. The number of carbonyl (C=O) groups is 1. The van der Waals surface area contributed by atoms with Gasteiger partial charge in [0.1, 0.15) is 11.6 Å². The van der Waals surface area contributed by atoms with Crippen LogP contribution in [-0.2, 0) is 4.79 Å². The quantitative estimate of drug-likeness (QED) is 0.554. The maximum absolute atomic E-state index is 12.9. The Morgan fingerprint density at radius 3 is 2.38 bits per heavy atom. The Kier molecular flexibility index (Phi) is 6.70. The van der Waals surface area contributed by atoms with Gasteiger partial charge < -0.3 is 15.0 Å². The first-order chi connectivity index (χ1) is 16.6. The number of methoxy groups -OCH3 is 1. The van der Waals surface area contributed by atoms with Crippen molar-refractivity contribution in [3.05, 3.63) is 42.1 Å². The van der Waals surface area contributed by atoms with Gasteiger partial charge in [0, 0.05) is 48.4 Å². The summed E-state index contributed by atoms with van der Waals surface area (Å²) in [6.07, 6.45) is 9.09. The molecule has 2 fully saturated rings. The minimum Gasteiger partial charge on any atom is -0.497 e. The van der Waals surface area contributed by atoms with Gasteiger partial charge in [-0.1, -0.05) is 25.7 Å². The highest BCUT2D eigenvalue weighted by atomic mass is 16.5. The monoisotopic (exact) mass is 461 g/mol. The molecule has 0 radical (unpaired) electrons. The van der Waals surface area contributed by atoms with E-state index >= 15 is 0 Å². The van der Waals surface area contributed by atoms with Crippen molar-refractivity contribution < 1.29 is 9.53 Å². The highest BCUT2D eigenvalue weighted by Crippen LogP contribution is 2.28.